The second-order valence-corrected chi connectivity index (χ2v) is 7.25. The molecule has 2 N–H and O–H groups in total. The number of benzene rings is 1. The van der Waals surface area contributed by atoms with Crippen LogP contribution in [0.2, 0.25) is 0 Å². The number of anilines is 1. The molecule has 26 heavy (non-hydrogen) atoms. The van der Waals surface area contributed by atoms with Crippen molar-refractivity contribution < 1.29 is 19.4 Å². The summed E-state index contributed by atoms with van der Waals surface area (Å²) in [6.45, 7) is 1.09. The molecule has 1 saturated heterocycles. The Hall–Kier alpha value is -2.67. The van der Waals surface area contributed by atoms with E-state index in [1.807, 2.05) is 18.2 Å². The number of aromatic amines is 1. The minimum Gasteiger partial charge on any atom is -0.503 e. The molecule has 1 amide bonds. The van der Waals surface area contributed by atoms with Crippen LogP contribution in [0.25, 0.3) is 11.0 Å². The predicted octanol–water partition coefficient (Wildman–Crippen LogP) is 2.11. The minimum absolute atomic E-state index is 0.00114. The van der Waals surface area contributed by atoms with Gasteiger partial charge in [-0.05, 0) is 37.5 Å². The van der Waals surface area contributed by atoms with Crippen LogP contribution in [-0.2, 0) is 14.3 Å². The Labute approximate surface area is 149 Å². The second kappa shape index (κ2) is 5.67. The average Bonchev–Trinajstić information content (AvgIpc) is 3.05. The van der Waals surface area contributed by atoms with Crippen LogP contribution in [0.3, 0.4) is 0 Å². The van der Waals surface area contributed by atoms with Gasteiger partial charge in [0, 0.05) is 24.1 Å². The van der Waals surface area contributed by atoms with Gasteiger partial charge >= 0.3 is 0 Å². The van der Waals surface area contributed by atoms with Gasteiger partial charge in [-0.1, -0.05) is 0 Å². The van der Waals surface area contributed by atoms with E-state index in [2.05, 4.69) is 9.97 Å². The molecule has 2 atom stereocenters. The molecule has 1 saturated carbocycles. The maximum Gasteiger partial charge on any atom is 0.294 e. The van der Waals surface area contributed by atoms with Gasteiger partial charge in [0.25, 0.3) is 5.91 Å². The number of carbonyl (C=O) groups excluding carboxylic acids is 2. The van der Waals surface area contributed by atoms with E-state index in [0.717, 1.165) is 30.3 Å². The highest BCUT2D eigenvalue weighted by molar-refractivity contribution is 6.17. The van der Waals surface area contributed by atoms with Gasteiger partial charge in [0.2, 0.25) is 0 Å². The molecule has 2 fully saturated rings. The molecular weight excluding hydrogens is 334 g/mol. The topological polar surface area (TPSA) is 95.5 Å². The third-order valence-corrected chi connectivity index (χ3v) is 5.56. The number of nitrogens with zero attached hydrogens (tertiary/aromatic N) is 2. The molecule has 2 aromatic rings. The van der Waals surface area contributed by atoms with Gasteiger partial charge in [0.1, 0.15) is 0 Å². The fraction of sp³-hybridized carbons (Fsp3) is 0.421. The Balaban J connectivity index is 1.60. The van der Waals surface area contributed by atoms with Crippen LogP contribution in [0.5, 0.6) is 0 Å². The fourth-order valence-electron chi connectivity index (χ4n) is 4.05. The van der Waals surface area contributed by atoms with Crippen LogP contribution in [0.1, 0.15) is 19.3 Å². The van der Waals surface area contributed by atoms with E-state index < -0.39 is 17.7 Å². The molecule has 2 unspecified atom stereocenters. The van der Waals surface area contributed by atoms with Crippen LogP contribution in [0, 0.1) is 11.8 Å². The molecule has 0 radical (unpaired) electrons. The summed E-state index contributed by atoms with van der Waals surface area (Å²) in [5.74, 6) is -1.05. The lowest BCUT2D eigenvalue weighted by atomic mass is 9.89. The Morgan fingerprint density at radius 3 is 2.88 bits per heavy atom. The third kappa shape index (κ3) is 2.27. The largest absolute Gasteiger partial charge is 0.503 e. The average molecular weight is 353 g/mol. The number of hydrogen-bond donors (Lipinski definition) is 2. The predicted molar refractivity (Wildman–Crippen MR) is 93.7 cm³/mol. The van der Waals surface area contributed by atoms with E-state index in [-0.39, 0.29) is 23.2 Å². The number of H-pyrrole nitrogens is 1. The molecule has 1 aromatic heterocycles. The summed E-state index contributed by atoms with van der Waals surface area (Å²) >= 11 is 0. The highest BCUT2D eigenvalue weighted by Crippen LogP contribution is 2.42. The first-order chi connectivity index (χ1) is 12.6. The van der Waals surface area contributed by atoms with Crippen molar-refractivity contribution in [1.29, 1.82) is 0 Å². The van der Waals surface area contributed by atoms with E-state index in [1.165, 1.54) is 0 Å². The molecule has 3 aliphatic rings. The van der Waals surface area contributed by atoms with Crippen molar-refractivity contribution in [2.24, 2.45) is 11.8 Å². The van der Waals surface area contributed by atoms with Gasteiger partial charge in [-0.15, -0.1) is 0 Å². The number of carbonyl (C=O) groups is 2. The number of aliphatic hydroxyl groups is 1. The molecule has 1 aromatic carbocycles. The fourth-order valence-corrected chi connectivity index (χ4v) is 4.05. The summed E-state index contributed by atoms with van der Waals surface area (Å²) in [7, 11) is 0. The maximum absolute atomic E-state index is 12.9. The summed E-state index contributed by atoms with van der Waals surface area (Å²) in [6.07, 6.45) is 4.02. The molecule has 7 nitrogen and oxygen atoms in total. The summed E-state index contributed by atoms with van der Waals surface area (Å²) in [4.78, 5) is 34.5. The van der Waals surface area contributed by atoms with Gasteiger partial charge < -0.3 is 14.8 Å². The summed E-state index contributed by atoms with van der Waals surface area (Å²) in [5.41, 5.74) is 2.53. The van der Waals surface area contributed by atoms with Crippen LogP contribution in [0.4, 0.5) is 5.69 Å². The number of imidazole rings is 1. The first-order valence-corrected chi connectivity index (χ1v) is 8.97. The zero-order valence-electron chi connectivity index (χ0n) is 14.1. The number of amides is 1. The number of aromatic nitrogens is 2. The number of ketones is 1. The van der Waals surface area contributed by atoms with Crippen molar-refractivity contribution in [3.05, 3.63) is 35.9 Å². The number of rotatable bonds is 4. The van der Waals surface area contributed by atoms with Gasteiger partial charge in [0.15, 0.2) is 11.5 Å². The minimum atomic E-state index is -0.509. The zero-order valence-corrected chi connectivity index (χ0v) is 14.1. The molecule has 0 spiro atoms. The monoisotopic (exact) mass is 353 g/mol. The van der Waals surface area contributed by atoms with Gasteiger partial charge in [-0.3, -0.25) is 14.5 Å². The Kier molecular flexibility index (Phi) is 3.40. The van der Waals surface area contributed by atoms with Crippen LogP contribution < -0.4 is 4.90 Å². The van der Waals surface area contributed by atoms with Crippen LogP contribution in [0.15, 0.2) is 35.9 Å². The number of ether oxygens (including phenoxy) is 1. The Morgan fingerprint density at radius 2 is 2.15 bits per heavy atom. The number of aliphatic hydroxyl groups excluding tert-OH is 1. The molecule has 5 rings (SSSR count). The molecule has 0 bridgehead atoms. The highest BCUT2D eigenvalue weighted by atomic mass is 16.5. The number of fused-ring (bicyclic) bond motifs is 1. The van der Waals surface area contributed by atoms with Gasteiger partial charge in [-0.2, -0.15) is 0 Å². The van der Waals surface area contributed by atoms with E-state index in [1.54, 1.807) is 11.2 Å². The SMILES string of the molecule is O=C(C1=C(O)C(=O)N(c2ccc3nc[nH]c3c2)C1C1CCOC1)C1CC1. The smallest absolute Gasteiger partial charge is 0.294 e. The zero-order chi connectivity index (χ0) is 17.8. The Bertz CT molecular complexity index is 937. The molecule has 134 valence electrons. The van der Waals surface area contributed by atoms with E-state index in [4.69, 9.17) is 4.74 Å². The van der Waals surface area contributed by atoms with E-state index in [9.17, 15) is 14.7 Å². The third-order valence-electron chi connectivity index (χ3n) is 5.56. The number of Topliss-reactive ketones (excluding diaryl/α,β-unsaturated/α-hetero) is 1. The van der Waals surface area contributed by atoms with Crippen LogP contribution >= 0.6 is 0 Å². The van der Waals surface area contributed by atoms with Crippen molar-refractivity contribution >= 4 is 28.4 Å². The molecule has 1 aliphatic carbocycles. The lowest BCUT2D eigenvalue weighted by Gasteiger charge is -2.30. The van der Waals surface area contributed by atoms with Crippen LogP contribution in [-0.4, -0.2) is 46.0 Å². The van der Waals surface area contributed by atoms with Gasteiger partial charge in [0.05, 0.1) is 35.6 Å². The van der Waals surface area contributed by atoms with Crippen molar-refractivity contribution in [1.82, 2.24) is 9.97 Å². The molecule has 3 heterocycles. The lowest BCUT2D eigenvalue weighted by Crippen LogP contribution is -2.42. The normalized spacial score (nSPS) is 26.3. The standard InChI is InChI=1S/C19H19N3O4/c23-17(10-1-2-10)15-16(11-5-6-26-8-11)22(19(25)18(15)24)12-3-4-13-14(7-12)21-9-20-13/h3-4,7,9-11,16,24H,1-2,5-6,8H2,(H,20,21). The molecule has 7 heteroatoms. The molecule has 2 aliphatic heterocycles. The van der Waals surface area contributed by atoms with E-state index >= 15 is 0 Å². The maximum atomic E-state index is 12.9. The molecular formula is C19H19N3O4. The highest BCUT2D eigenvalue weighted by Gasteiger charge is 2.50. The van der Waals surface area contributed by atoms with Crippen molar-refractivity contribution in [2.75, 3.05) is 18.1 Å². The Morgan fingerprint density at radius 1 is 1.31 bits per heavy atom. The summed E-state index contributed by atoms with van der Waals surface area (Å²) < 4.78 is 5.52. The summed E-state index contributed by atoms with van der Waals surface area (Å²) in [5, 5.41) is 10.5. The van der Waals surface area contributed by atoms with Gasteiger partial charge in [-0.25, -0.2) is 4.98 Å². The van der Waals surface area contributed by atoms with Crippen molar-refractivity contribution in [2.45, 2.75) is 25.3 Å². The summed E-state index contributed by atoms with van der Waals surface area (Å²) in [6, 6.07) is 5.00. The number of nitrogens with one attached hydrogen (secondary N) is 1. The number of hydrogen-bond acceptors (Lipinski definition) is 5. The second-order valence-electron chi connectivity index (χ2n) is 7.25. The first-order valence-electron chi connectivity index (χ1n) is 8.97. The van der Waals surface area contributed by atoms with E-state index in [0.29, 0.717) is 18.9 Å². The first kappa shape index (κ1) is 15.6. The van der Waals surface area contributed by atoms with Crippen molar-refractivity contribution in [3.8, 4) is 0 Å². The lowest BCUT2D eigenvalue weighted by molar-refractivity contribution is -0.118. The quantitative estimate of drug-likeness (QED) is 0.878. The van der Waals surface area contributed by atoms with Crippen molar-refractivity contribution in [3.63, 3.8) is 0 Å².